The van der Waals surface area contributed by atoms with Crippen molar-refractivity contribution in [3.63, 3.8) is 0 Å². The van der Waals surface area contributed by atoms with Crippen molar-refractivity contribution in [2.24, 2.45) is 0 Å². The smallest absolute Gasteiger partial charge is 0.418 e. The molecule has 0 aliphatic heterocycles. The maximum absolute atomic E-state index is 13.5. The molecule has 1 amide bonds. The number of hydrogen-bond donors (Lipinski definition) is 1. The first-order chi connectivity index (χ1) is 14.2. The van der Waals surface area contributed by atoms with E-state index < -0.39 is 17.6 Å². The van der Waals surface area contributed by atoms with Gasteiger partial charge in [0.2, 0.25) is 5.91 Å². The molecule has 0 aliphatic carbocycles. The van der Waals surface area contributed by atoms with Gasteiger partial charge in [0.25, 0.3) is 0 Å². The van der Waals surface area contributed by atoms with Gasteiger partial charge in [0, 0.05) is 30.7 Å². The number of benzene rings is 3. The highest BCUT2D eigenvalue weighted by molar-refractivity contribution is 6.09. The van der Waals surface area contributed by atoms with Crippen molar-refractivity contribution in [1.82, 2.24) is 0 Å². The van der Waals surface area contributed by atoms with Gasteiger partial charge in [-0.25, -0.2) is 0 Å². The number of alkyl halides is 3. The van der Waals surface area contributed by atoms with Crippen LogP contribution in [0.1, 0.15) is 11.1 Å². The summed E-state index contributed by atoms with van der Waals surface area (Å²) in [6, 6.07) is 15.3. The van der Waals surface area contributed by atoms with E-state index in [1.807, 2.05) is 36.4 Å². The zero-order valence-electron chi connectivity index (χ0n) is 16.4. The van der Waals surface area contributed by atoms with E-state index in [9.17, 15) is 18.0 Å². The Morgan fingerprint density at radius 3 is 2.57 bits per heavy atom. The van der Waals surface area contributed by atoms with Crippen LogP contribution in [0.25, 0.3) is 21.7 Å². The Kier molecular flexibility index (Phi) is 4.89. The van der Waals surface area contributed by atoms with Gasteiger partial charge in [-0.15, -0.1) is 0 Å². The van der Waals surface area contributed by atoms with E-state index in [4.69, 9.17) is 4.42 Å². The van der Waals surface area contributed by atoms with Gasteiger partial charge >= 0.3 is 6.18 Å². The fraction of sp³-hybridized carbons (Fsp3) is 0.174. The molecule has 0 aliphatic rings. The lowest BCUT2D eigenvalue weighted by atomic mass is 10.0. The van der Waals surface area contributed by atoms with Crippen molar-refractivity contribution in [3.05, 3.63) is 72.0 Å². The first-order valence-corrected chi connectivity index (χ1v) is 9.30. The van der Waals surface area contributed by atoms with E-state index >= 15 is 0 Å². The minimum Gasteiger partial charge on any atom is -0.464 e. The number of halogens is 3. The van der Waals surface area contributed by atoms with Gasteiger partial charge < -0.3 is 14.6 Å². The molecule has 0 unspecified atom stereocenters. The van der Waals surface area contributed by atoms with Crippen molar-refractivity contribution < 1.29 is 22.4 Å². The summed E-state index contributed by atoms with van der Waals surface area (Å²) in [6.45, 7) is 0. The predicted molar refractivity (Wildman–Crippen MR) is 112 cm³/mol. The molecule has 30 heavy (non-hydrogen) atoms. The summed E-state index contributed by atoms with van der Waals surface area (Å²) in [6.07, 6.45) is -3.21. The monoisotopic (exact) mass is 412 g/mol. The van der Waals surface area contributed by atoms with Gasteiger partial charge in [-0.05, 0) is 35.0 Å². The standard InChI is InChI=1S/C23H19F3N2O2/c1-28(2)16-8-9-19(18(12-16)23(24,25)26)27-21(29)11-15-13-30-20-10-7-14-5-3-4-6-17(14)22(15)20/h3-10,12-13H,11H2,1-2H3,(H,27,29). The number of carbonyl (C=O) groups is 1. The SMILES string of the molecule is CN(C)c1ccc(NC(=O)Cc2coc3ccc4ccccc4c23)c(C(F)(F)F)c1. The zero-order chi connectivity index (χ0) is 21.5. The fourth-order valence-corrected chi connectivity index (χ4v) is 3.53. The molecule has 1 aromatic heterocycles. The van der Waals surface area contributed by atoms with Crippen molar-refractivity contribution >= 4 is 39.0 Å². The third-order valence-electron chi connectivity index (χ3n) is 4.99. The van der Waals surface area contributed by atoms with Gasteiger partial charge in [-0.2, -0.15) is 13.2 Å². The first-order valence-electron chi connectivity index (χ1n) is 9.30. The number of rotatable bonds is 4. The maximum Gasteiger partial charge on any atom is 0.418 e. The van der Waals surface area contributed by atoms with Crippen LogP contribution < -0.4 is 10.2 Å². The van der Waals surface area contributed by atoms with E-state index in [-0.39, 0.29) is 12.1 Å². The average Bonchev–Trinajstić information content (AvgIpc) is 3.10. The van der Waals surface area contributed by atoms with Crippen LogP contribution in [0, 0.1) is 0 Å². The molecule has 3 aromatic carbocycles. The molecule has 0 fully saturated rings. The summed E-state index contributed by atoms with van der Waals surface area (Å²) < 4.78 is 46.1. The minimum absolute atomic E-state index is 0.103. The second-order valence-corrected chi connectivity index (χ2v) is 7.27. The van der Waals surface area contributed by atoms with Crippen LogP contribution in [0.3, 0.4) is 0 Å². The number of anilines is 2. The number of nitrogens with zero attached hydrogens (tertiary/aromatic N) is 1. The Morgan fingerprint density at radius 1 is 1.07 bits per heavy atom. The lowest BCUT2D eigenvalue weighted by molar-refractivity contribution is -0.136. The van der Waals surface area contributed by atoms with Crippen molar-refractivity contribution in [2.45, 2.75) is 12.6 Å². The summed E-state index contributed by atoms with van der Waals surface area (Å²) in [4.78, 5) is 14.2. The second kappa shape index (κ2) is 7.40. The molecule has 0 spiro atoms. The van der Waals surface area contributed by atoms with E-state index in [1.54, 1.807) is 19.0 Å². The molecule has 154 valence electrons. The molecule has 0 atom stereocenters. The van der Waals surface area contributed by atoms with Crippen LogP contribution in [0.2, 0.25) is 0 Å². The van der Waals surface area contributed by atoms with Gasteiger partial charge in [0.15, 0.2) is 0 Å². The van der Waals surface area contributed by atoms with Crippen LogP contribution in [0.5, 0.6) is 0 Å². The van der Waals surface area contributed by atoms with Gasteiger partial charge in [0.1, 0.15) is 5.58 Å². The summed E-state index contributed by atoms with van der Waals surface area (Å²) in [5.41, 5.74) is 0.494. The molecule has 0 radical (unpaired) electrons. The summed E-state index contributed by atoms with van der Waals surface area (Å²) >= 11 is 0. The first kappa shape index (κ1) is 19.8. The van der Waals surface area contributed by atoms with Crippen LogP contribution in [-0.2, 0) is 17.4 Å². The van der Waals surface area contributed by atoms with Gasteiger partial charge in [-0.1, -0.05) is 30.3 Å². The molecule has 7 heteroatoms. The number of hydrogen-bond acceptors (Lipinski definition) is 3. The van der Waals surface area contributed by atoms with E-state index in [2.05, 4.69) is 5.32 Å². The Bertz CT molecular complexity index is 1240. The Balaban J connectivity index is 1.66. The van der Waals surface area contributed by atoms with Crippen molar-refractivity contribution in [3.8, 4) is 0 Å². The minimum atomic E-state index is -4.59. The molecular formula is C23H19F3N2O2. The van der Waals surface area contributed by atoms with Gasteiger partial charge in [-0.3, -0.25) is 4.79 Å². The normalized spacial score (nSPS) is 11.8. The zero-order valence-corrected chi connectivity index (χ0v) is 16.4. The highest BCUT2D eigenvalue weighted by atomic mass is 19.4. The summed E-state index contributed by atoms with van der Waals surface area (Å²) in [5.74, 6) is -0.547. The molecule has 4 aromatic rings. The molecular weight excluding hydrogens is 393 g/mol. The van der Waals surface area contributed by atoms with Crippen molar-refractivity contribution in [2.75, 3.05) is 24.3 Å². The van der Waals surface area contributed by atoms with Crippen LogP contribution >= 0.6 is 0 Å². The second-order valence-electron chi connectivity index (χ2n) is 7.27. The van der Waals surface area contributed by atoms with Crippen LogP contribution in [-0.4, -0.2) is 20.0 Å². The topological polar surface area (TPSA) is 45.5 Å². The molecule has 4 nitrogen and oxygen atoms in total. The number of fused-ring (bicyclic) bond motifs is 3. The molecule has 1 heterocycles. The highest BCUT2D eigenvalue weighted by Gasteiger charge is 2.34. The number of furan rings is 1. The number of nitrogens with one attached hydrogen (secondary N) is 1. The Hall–Kier alpha value is -3.48. The van der Waals surface area contributed by atoms with Crippen LogP contribution in [0.4, 0.5) is 24.5 Å². The molecule has 0 saturated carbocycles. The lowest BCUT2D eigenvalue weighted by Crippen LogP contribution is -2.19. The average molecular weight is 412 g/mol. The Morgan fingerprint density at radius 2 is 1.83 bits per heavy atom. The largest absolute Gasteiger partial charge is 0.464 e. The quantitative estimate of drug-likeness (QED) is 0.457. The molecule has 4 rings (SSSR count). The predicted octanol–water partition coefficient (Wildman–Crippen LogP) is 5.85. The number of amides is 1. The fourth-order valence-electron chi connectivity index (χ4n) is 3.53. The Labute approximate surface area is 170 Å². The highest BCUT2D eigenvalue weighted by Crippen LogP contribution is 2.37. The molecule has 1 N–H and O–H groups in total. The van der Waals surface area contributed by atoms with Crippen LogP contribution in [0.15, 0.2) is 65.3 Å². The maximum atomic E-state index is 13.5. The van der Waals surface area contributed by atoms with E-state index in [1.165, 1.54) is 18.4 Å². The third-order valence-corrected chi connectivity index (χ3v) is 4.99. The third kappa shape index (κ3) is 3.70. The number of carbonyl (C=O) groups excluding carboxylic acids is 1. The summed E-state index contributed by atoms with van der Waals surface area (Å²) in [7, 11) is 3.31. The van der Waals surface area contributed by atoms with Gasteiger partial charge in [0.05, 0.1) is 23.9 Å². The molecule has 0 saturated heterocycles. The van der Waals surface area contributed by atoms with E-state index in [0.29, 0.717) is 16.8 Å². The van der Waals surface area contributed by atoms with Crippen molar-refractivity contribution in [1.29, 1.82) is 0 Å². The molecule has 0 bridgehead atoms. The van der Waals surface area contributed by atoms with E-state index in [0.717, 1.165) is 22.2 Å². The lowest BCUT2D eigenvalue weighted by Gasteiger charge is -2.18. The summed E-state index contributed by atoms with van der Waals surface area (Å²) in [5, 5.41) is 5.13.